The minimum atomic E-state index is -4.39. The predicted octanol–water partition coefficient (Wildman–Crippen LogP) is 4.03. The number of nitrogens with one attached hydrogen (secondary N) is 2. The van der Waals surface area contributed by atoms with Crippen LogP contribution in [-0.2, 0) is 10.0 Å². The molecule has 0 aliphatic carbocycles. The van der Waals surface area contributed by atoms with Crippen LogP contribution in [0.1, 0.15) is 10.4 Å². The van der Waals surface area contributed by atoms with Gasteiger partial charge in [-0.2, -0.15) is 0 Å². The number of hydrogen-bond donors (Lipinski definition) is 2. The maximum absolute atomic E-state index is 13.9. The second kappa shape index (κ2) is 8.27. The molecule has 0 saturated carbocycles. The van der Waals surface area contributed by atoms with E-state index in [9.17, 15) is 22.0 Å². The third-order valence-corrected chi connectivity index (χ3v) is 5.35. The van der Waals surface area contributed by atoms with Gasteiger partial charge in [-0.15, -0.1) is 0 Å². The Hall–Kier alpha value is -3.46. The summed E-state index contributed by atoms with van der Waals surface area (Å²) >= 11 is 0. The van der Waals surface area contributed by atoms with Crippen molar-refractivity contribution in [3.8, 4) is 5.75 Å². The molecule has 2 N–H and O–H groups in total. The lowest BCUT2D eigenvalue weighted by Crippen LogP contribution is -2.19. The van der Waals surface area contributed by atoms with Crippen molar-refractivity contribution in [3.63, 3.8) is 0 Å². The van der Waals surface area contributed by atoms with Gasteiger partial charge >= 0.3 is 0 Å². The van der Waals surface area contributed by atoms with Crippen molar-refractivity contribution in [2.24, 2.45) is 0 Å². The first-order valence-corrected chi connectivity index (χ1v) is 9.81. The summed E-state index contributed by atoms with van der Waals surface area (Å²) in [5.74, 6) is -2.11. The number of methoxy groups -OCH3 is 1. The molecule has 29 heavy (non-hydrogen) atoms. The average molecular weight is 418 g/mol. The van der Waals surface area contributed by atoms with Gasteiger partial charge in [0.25, 0.3) is 15.9 Å². The lowest BCUT2D eigenvalue weighted by molar-refractivity contribution is 0.102. The van der Waals surface area contributed by atoms with Crippen molar-refractivity contribution in [2.45, 2.75) is 4.90 Å². The molecule has 0 fully saturated rings. The second-order valence-electron chi connectivity index (χ2n) is 5.91. The number of benzene rings is 3. The molecule has 0 atom stereocenters. The highest BCUT2D eigenvalue weighted by Gasteiger charge is 2.22. The number of halogens is 2. The number of sulfonamides is 1. The fourth-order valence-electron chi connectivity index (χ4n) is 2.54. The molecule has 0 unspecified atom stereocenters. The number of ether oxygens (including phenoxy) is 1. The molecular weight excluding hydrogens is 402 g/mol. The van der Waals surface area contributed by atoms with E-state index in [-0.39, 0.29) is 11.3 Å². The Morgan fingerprint density at radius 1 is 0.966 bits per heavy atom. The van der Waals surface area contributed by atoms with Gasteiger partial charge in [0.15, 0.2) is 0 Å². The molecule has 3 aromatic carbocycles. The Balaban J connectivity index is 1.87. The minimum absolute atomic E-state index is 0.0226. The first kappa shape index (κ1) is 20.3. The van der Waals surface area contributed by atoms with E-state index in [1.54, 1.807) is 30.3 Å². The molecule has 0 spiro atoms. The molecule has 3 rings (SSSR count). The molecule has 9 heteroatoms. The zero-order valence-electron chi connectivity index (χ0n) is 15.1. The maximum atomic E-state index is 13.9. The minimum Gasteiger partial charge on any atom is -0.497 e. The summed E-state index contributed by atoms with van der Waals surface area (Å²) in [6, 6.07) is 14.5. The van der Waals surface area contributed by atoms with Gasteiger partial charge in [-0.25, -0.2) is 17.2 Å². The molecule has 0 aromatic heterocycles. The Morgan fingerprint density at radius 2 is 1.66 bits per heavy atom. The van der Waals surface area contributed by atoms with Gasteiger partial charge in [0.1, 0.15) is 22.3 Å². The van der Waals surface area contributed by atoms with Crippen LogP contribution >= 0.6 is 0 Å². The van der Waals surface area contributed by atoms with Crippen LogP contribution in [0.5, 0.6) is 5.75 Å². The Kier molecular flexibility index (Phi) is 5.79. The molecule has 0 radical (unpaired) electrons. The largest absolute Gasteiger partial charge is 0.497 e. The van der Waals surface area contributed by atoms with Crippen LogP contribution in [0, 0.1) is 11.6 Å². The van der Waals surface area contributed by atoms with Gasteiger partial charge in [0.2, 0.25) is 0 Å². The van der Waals surface area contributed by atoms with E-state index < -0.39 is 32.5 Å². The van der Waals surface area contributed by atoms with Gasteiger partial charge in [-0.1, -0.05) is 12.1 Å². The molecule has 0 aliphatic rings. The standard InChI is InChI=1S/C20H16F2N2O4S/c1-28-15-9-7-14(8-10-15)23-20(25)16-4-2-3-5-18(16)24-29(26,27)19-11-6-13(21)12-17(19)22/h2-12,24H,1H3,(H,23,25). The Labute approximate surface area is 166 Å². The monoisotopic (exact) mass is 418 g/mol. The van der Waals surface area contributed by atoms with E-state index in [2.05, 4.69) is 10.0 Å². The van der Waals surface area contributed by atoms with Crippen molar-refractivity contribution >= 4 is 27.3 Å². The molecule has 150 valence electrons. The van der Waals surface area contributed by atoms with E-state index in [1.165, 1.54) is 25.3 Å². The smallest absolute Gasteiger partial charge is 0.264 e. The number of carbonyl (C=O) groups is 1. The van der Waals surface area contributed by atoms with Crippen molar-refractivity contribution < 1.29 is 26.7 Å². The van der Waals surface area contributed by atoms with Crippen molar-refractivity contribution in [3.05, 3.63) is 83.9 Å². The predicted molar refractivity (Wildman–Crippen MR) is 105 cm³/mol. The van der Waals surface area contributed by atoms with Crippen LogP contribution in [0.4, 0.5) is 20.2 Å². The molecular formula is C20H16F2N2O4S. The zero-order chi connectivity index (χ0) is 21.0. The lowest BCUT2D eigenvalue weighted by Gasteiger charge is -2.13. The molecule has 6 nitrogen and oxygen atoms in total. The third-order valence-electron chi connectivity index (χ3n) is 3.95. The van der Waals surface area contributed by atoms with E-state index in [0.717, 1.165) is 12.1 Å². The fourth-order valence-corrected chi connectivity index (χ4v) is 3.68. The zero-order valence-corrected chi connectivity index (χ0v) is 16.0. The Bertz CT molecular complexity index is 1150. The number of amides is 1. The fraction of sp³-hybridized carbons (Fsp3) is 0.0500. The number of rotatable bonds is 6. The molecule has 0 aliphatic heterocycles. The van der Waals surface area contributed by atoms with E-state index in [4.69, 9.17) is 4.74 Å². The number of anilines is 2. The molecule has 3 aromatic rings. The summed E-state index contributed by atoms with van der Waals surface area (Å²) in [5.41, 5.74) is 0.440. The normalized spacial score (nSPS) is 11.0. The van der Waals surface area contributed by atoms with Gasteiger partial charge in [-0.05, 0) is 48.5 Å². The third kappa shape index (κ3) is 4.69. The summed E-state index contributed by atoms with van der Waals surface area (Å²) in [5, 5.41) is 2.64. The molecule has 1 amide bonds. The summed E-state index contributed by atoms with van der Waals surface area (Å²) in [6.45, 7) is 0. The number of para-hydroxylation sites is 1. The molecule has 0 heterocycles. The summed E-state index contributed by atoms with van der Waals surface area (Å²) in [7, 11) is -2.87. The van der Waals surface area contributed by atoms with Crippen molar-refractivity contribution in [1.82, 2.24) is 0 Å². The van der Waals surface area contributed by atoms with Crippen molar-refractivity contribution in [2.75, 3.05) is 17.1 Å². The first-order chi connectivity index (χ1) is 13.8. The van der Waals surface area contributed by atoms with Crippen LogP contribution < -0.4 is 14.8 Å². The van der Waals surface area contributed by atoms with Crippen LogP contribution in [-0.4, -0.2) is 21.4 Å². The van der Waals surface area contributed by atoms with Gasteiger partial charge in [0.05, 0.1) is 18.4 Å². The SMILES string of the molecule is COc1ccc(NC(=O)c2ccccc2NS(=O)(=O)c2ccc(F)cc2F)cc1. The van der Waals surface area contributed by atoms with Gasteiger partial charge < -0.3 is 10.1 Å². The van der Waals surface area contributed by atoms with Gasteiger partial charge in [-0.3, -0.25) is 9.52 Å². The van der Waals surface area contributed by atoms with E-state index in [0.29, 0.717) is 17.5 Å². The Morgan fingerprint density at radius 3 is 2.31 bits per heavy atom. The summed E-state index contributed by atoms with van der Waals surface area (Å²) in [4.78, 5) is 11.9. The highest BCUT2D eigenvalue weighted by molar-refractivity contribution is 7.92. The van der Waals surface area contributed by atoms with Crippen molar-refractivity contribution in [1.29, 1.82) is 0 Å². The van der Waals surface area contributed by atoms with E-state index >= 15 is 0 Å². The highest BCUT2D eigenvalue weighted by Crippen LogP contribution is 2.24. The molecule has 0 saturated heterocycles. The summed E-state index contributed by atoms with van der Waals surface area (Å²) in [6.07, 6.45) is 0. The summed E-state index contributed by atoms with van der Waals surface area (Å²) < 4.78 is 59.2. The highest BCUT2D eigenvalue weighted by atomic mass is 32.2. The topological polar surface area (TPSA) is 84.5 Å². The number of hydrogen-bond acceptors (Lipinski definition) is 4. The van der Waals surface area contributed by atoms with Gasteiger partial charge in [0, 0.05) is 11.8 Å². The average Bonchev–Trinajstić information content (AvgIpc) is 2.68. The lowest BCUT2D eigenvalue weighted by atomic mass is 10.1. The quantitative estimate of drug-likeness (QED) is 0.633. The first-order valence-electron chi connectivity index (χ1n) is 8.32. The van der Waals surface area contributed by atoms with Crippen LogP contribution in [0.3, 0.4) is 0 Å². The van der Waals surface area contributed by atoms with E-state index in [1.807, 2.05) is 0 Å². The van der Waals surface area contributed by atoms with Crippen LogP contribution in [0.25, 0.3) is 0 Å². The second-order valence-corrected chi connectivity index (χ2v) is 7.56. The van der Waals surface area contributed by atoms with Crippen LogP contribution in [0.15, 0.2) is 71.6 Å². The maximum Gasteiger partial charge on any atom is 0.264 e. The van der Waals surface area contributed by atoms with Crippen LogP contribution in [0.2, 0.25) is 0 Å². The number of carbonyl (C=O) groups excluding carboxylic acids is 1. The molecule has 0 bridgehead atoms.